The Hall–Kier alpha value is -1.84. The van der Waals surface area contributed by atoms with Crippen LogP contribution in [0.4, 0.5) is 18.0 Å². The molecular formula is C14H18F3N3O3S. The fourth-order valence-corrected chi connectivity index (χ4v) is 3.45. The van der Waals surface area contributed by atoms with Crippen molar-refractivity contribution in [2.45, 2.75) is 38.4 Å². The first-order valence-corrected chi connectivity index (χ1v) is 8.41. The zero-order chi connectivity index (χ0) is 17.9. The number of carbonyl (C=O) groups excluding carboxylic acids is 1. The molecular weight excluding hydrogens is 347 g/mol. The third-order valence-electron chi connectivity index (χ3n) is 3.95. The topological polar surface area (TPSA) is 82.5 Å². The Bertz CT molecular complexity index is 598. The average molecular weight is 365 g/mol. The van der Waals surface area contributed by atoms with Gasteiger partial charge >= 0.3 is 18.2 Å². The van der Waals surface area contributed by atoms with Crippen molar-refractivity contribution in [3.05, 3.63) is 16.1 Å². The van der Waals surface area contributed by atoms with Crippen molar-refractivity contribution in [1.82, 2.24) is 15.2 Å². The molecule has 1 atom stereocenters. The summed E-state index contributed by atoms with van der Waals surface area (Å²) in [6, 6.07) is -1.01. The number of nitrogens with zero attached hydrogens (tertiary/aromatic N) is 2. The van der Waals surface area contributed by atoms with Gasteiger partial charge in [0.05, 0.1) is 12.0 Å². The summed E-state index contributed by atoms with van der Waals surface area (Å²) in [4.78, 5) is 28.2. The average Bonchev–Trinajstić information content (AvgIpc) is 3.02. The molecule has 1 unspecified atom stereocenters. The SMILES string of the molecule is CCC(NC(=O)N1CCC(C(=O)O)CC1)c1nc(C(F)(F)F)cs1. The van der Waals surface area contributed by atoms with Crippen LogP contribution < -0.4 is 5.32 Å². The lowest BCUT2D eigenvalue weighted by molar-refractivity contribution is -0.143. The number of thiazole rings is 1. The molecule has 134 valence electrons. The molecule has 24 heavy (non-hydrogen) atoms. The van der Waals surface area contributed by atoms with Gasteiger partial charge in [0, 0.05) is 18.5 Å². The van der Waals surface area contributed by atoms with Crippen molar-refractivity contribution in [2.75, 3.05) is 13.1 Å². The molecule has 0 spiro atoms. The molecule has 2 heterocycles. The number of amides is 2. The number of piperidine rings is 1. The van der Waals surface area contributed by atoms with Crippen molar-refractivity contribution < 1.29 is 27.9 Å². The second-order valence-electron chi connectivity index (χ2n) is 5.58. The van der Waals surface area contributed by atoms with Gasteiger partial charge in [0.1, 0.15) is 5.01 Å². The second-order valence-corrected chi connectivity index (χ2v) is 6.47. The third kappa shape index (κ3) is 4.37. The van der Waals surface area contributed by atoms with E-state index in [1.165, 1.54) is 4.90 Å². The van der Waals surface area contributed by atoms with Crippen molar-refractivity contribution >= 4 is 23.3 Å². The summed E-state index contributed by atoms with van der Waals surface area (Å²) in [6.45, 7) is 2.37. The smallest absolute Gasteiger partial charge is 0.434 e. The van der Waals surface area contributed by atoms with Crippen molar-refractivity contribution in [3.63, 3.8) is 0 Å². The Kier molecular flexibility index (Phi) is 5.68. The highest BCUT2D eigenvalue weighted by Crippen LogP contribution is 2.32. The van der Waals surface area contributed by atoms with Crippen LogP contribution in [0.15, 0.2) is 5.38 Å². The van der Waals surface area contributed by atoms with E-state index in [0.717, 1.165) is 16.7 Å². The maximum Gasteiger partial charge on any atom is 0.434 e. The fraction of sp³-hybridized carbons (Fsp3) is 0.643. The van der Waals surface area contributed by atoms with E-state index in [4.69, 9.17) is 5.11 Å². The standard InChI is InChI=1S/C14H18F3N3O3S/c1-2-9(11-19-10(7-24-11)14(15,16)17)18-13(23)20-5-3-8(4-6-20)12(21)22/h7-9H,2-6H2,1H3,(H,18,23)(H,21,22). The van der Waals surface area contributed by atoms with E-state index < -0.39 is 35.8 Å². The summed E-state index contributed by atoms with van der Waals surface area (Å²) in [5.74, 6) is -1.33. The van der Waals surface area contributed by atoms with Crippen molar-refractivity contribution in [1.29, 1.82) is 0 Å². The Balaban J connectivity index is 1.96. The summed E-state index contributed by atoms with van der Waals surface area (Å²) in [5, 5.41) is 12.8. The number of nitrogens with one attached hydrogen (secondary N) is 1. The number of carboxylic acids is 1. The van der Waals surface area contributed by atoms with Gasteiger partial charge in [-0.1, -0.05) is 6.92 Å². The quantitative estimate of drug-likeness (QED) is 0.859. The molecule has 1 aliphatic rings. The molecule has 1 aromatic heterocycles. The first kappa shape index (κ1) is 18.5. The van der Waals surface area contributed by atoms with Gasteiger partial charge in [-0.2, -0.15) is 13.2 Å². The Morgan fingerprint density at radius 2 is 2.08 bits per heavy atom. The van der Waals surface area contributed by atoms with Gasteiger partial charge in [0.15, 0.2) is 5.69 Å². The van der Waals surface area contributed by atoms with Crippen LogP contribution in [-0.4, -0.2) is 40.1 Å². The molecule has 2 rings (SSSR count). The van der Waals surface area contributed by atoms with Crippen LogP contribution in [0.5, 0.6) is 0 Å². The first-order valence-electron chi connectivity index (χ1n) is 7.53. The molecule has 2 N–H and O–H groups in total. The van der Waals surface area contributed by atoms with Crippen LogP contribution in [0.1, 0.15) is 42.9 Å². The fourth-order valence-electron chi connectivity index (χ4n) is 2.49. The number of aliphatic carboxylic acids is 1. The summed E-state index contributed by atoms with van der Waals surface area (Å²) in [7, 11) is 0. The maximum atomic E-state index is 12.6. The summed E-state index contributed by atoms with van der Waals surface area (Å²) in [6.07, 6.45) is -3.36. The lowest BCUT2D eigenvalue weighted by Gasteiger charge is -2.31. The minimum atomic E-state index is -4.50. The predicted molar refractivity (Wildman–Crippen MR) is 80.6 cm³/mol. The molecule has 0 saturated carbocycles. The van der Waals surface area contributed by atoms with Gasteiger partial charge in [-0.25, -0.2) is 9.78 Å². The van der Waals surface area contributed by atoms with Gasteiger partial charge in [0.2, 0.25) is 0 Å². The van der Waals surface area contributed by atoms with Crippen LogP contribution in [0.25, 0.3) is 0 Å². The molecule has 6 nitrogen and oxygen atoms in total. The number of hydrogen-bond donors (Lipinski definition) is 2. The number of hydrogen-bond acceptors (Lipinski definition) is 4. The summed E-state index contributed by atoms with van der Waals surface area (Å²) in [5.41, 5.74) is -0.961. The zero-order valence-corrected chi connectivity index (χ0v) is 13.8. The van der Waals surface area contributed by atoms with Crippen LogP contribution >= 0.6 is 11.3 Å². The molecule has 0 radical (unpaired) electrons. The van der Waals surface area contributed by atoms with Gasteiger partial charge in [-0.05, 0) is 19.3 Å². The lowest BCUT2D eigenvalue weighted by Crippen LogP contribution is -2.46. The molecule has 1 aliphatic heterocycles. The number of carbonyl (C=O) groups is 2. The van der Waals surface area contributed by atoms with Crippen LogP contribution in [0.2, 0.25) is 0 Å². The summed E-state index contributed by atoms with van der Waals surface area (Å²) < 4.78 is 37.9. The van der Waals surface area contributed by atoms with Crippen LogP contribution in [0, 0.1) is 5.92 Å². The Morgan fingerprint density at radius 1 is 1.46 bits per heavy atom. The third-order valence-corrected chi connectivity index (χ3v) is 4.91. The van der Waals surface area contributed by atoms with E-state index in [0.29, 0.717) is 32.4 Å². The van der Waals surface area contributed by atoms with Crippen LogP contribution in [0.3, 0.4) is 0 Å². The minimum Gasteiger partial charge on any atom is -0.481 e. The van der Waals surface area contributed by atoms with Gasteiger partial charge in [0.25, 0.3) is 0 Å². The van der Waals surface area contributed by atoms with Gasteiger partial charge < -0.3 is 15.3 Å². The molecule has 0 aromatic carbocycles. The normalized spacial score (nSPS) is 17.6. The Morgan fingerprint density at radius 3 is 2.54 bits per heavy atom. The number of urea groups is 1. The monoisotopic (exact) mass is 365 g/mol. The van der Waals surface area contributed by atoms with E-state index in [1.54, 1.807) is 6.92 Å². The van der Waals surface area contributed by atoms with Crippen molar-refractivity contribution in [2.24, 2.45) is 5.92 Å². The molecule has 1 fully saturated rings. The molecule has 1 saturated heterocycles. The lowest BCUT2D eigenvalue weighted by atomic mass is 9.97. The largest absolute Gasteiger partial charge is 0.481 e. The number of carboxylic acid groups (broad SMARTS) is 1. The summed E-state index contributed by atoms with van der Waals surface area (Å²) >= 11 is 0.860. The number of halogens is 3. The van der Waals surface area contributed by atoms with E-state index in [9.17, 15) is 22.8 Å². The van der Waals surface area contributed by atoms with Crippen molar-refractivity contribution in [3.8, 4) is 0 Å². The van der Waals surface area contributed by atoms with E-state index in [1.807, 2.05) is 0 Å². The first-order chi connectivity index (χ1) is 11.2. The molecule has 10 heteroatoms. The molecule has 1 aromatic rings. The predicted octanol–water partition coefficient (Wildman–Crippen LogP) is 3.12. The molecule has 2 amide bonds. The highest BCUT2D eigenvalue weighted by molar-refractivity contribution is 7.09. The van der Waals surface area contributed by atoms with Gasteiger partial charge in [-0.15, -0.1) is 11.3 Å². The number of alkyl halides is 3. The molecule has 0 bridgehead atoms. The zero-order valence-electron chi connectivity index (χ0n) is 13.0. The minimum absolute atomic E-state index is 0.207. The second kappa shape index (κ2) is 7.37. The van der Waals surface area contributed by atoms with E-state index in [-0.39, 0.29) is 5.01 Å². The number of rotatable bonds is 4. The Labute approximate surface area is 140 Å². The highest BCUT2D eigenvalue weighted by atomic mass is 32.1. The van der Waals surface area contributed by atoms with E-state index >= 15 is 0 Å². The van der Waals surface area contributed by atoms with Gasteiger partial charge in [-0.3, -0.25) is 4.79 Å². The molecule has 0 aliphatic carbocycles. The number of aromatic nitrogens is 1. The van der Waals surface area contributed by atoms with Crippen LogP contribution in [-0.2, 0) is 11.0 Å². The van der Waals surface area contributed by atoms with E-state index in [2.05, 4.69) is 10.3 Å². The number of likely N-dealkylation sites (tertiary alicyclic amines) is 1. The highest BCUT2D eigenvalue weighted by Gasteiger charge is 2.35. The maximum absolute atomic E-state index is 12.6.